The Labute approximate surface area is 145 Å². The first-order valence-electron chi connectivity index (χ1n) is 8.04. The summed E-state index contributed by atoms with van der Waals surface area (Å²) in [5.41, 5.74) is 0.778. The number of nitrogens with one attached hydrogen (secondary N) is 1. The van der Waals surface area contributed by atoms with E-state index in [1.807, 2.05) is 31.2 Å². The summed E-state index contributed by atoms with van der Waals surface area (Å²) in [7, 11) is 0. The number of anilines is 1. The van der Waals surface area contributed by atoms with Crippen LogP contribution < -0.4 is 10.1 Å². The smallest absolute Gasteiger partial charge is 0.335 e. The van der Waals surface area contributed by atoms with Crippen LogP contribution in [0.2, 0.25) is 0 Å². The molecule has 0 unspecified atom stereocenters. The van der Waals surface area contributed by atoms with Crippen LogP contribution in [-0.4, -0.2) is 23.6 Å². The third-order valence-corrected chi connectivity index (χ3v) is 3.53. The van der Waals surface area contributed by atoms with Gasteiger partial charge >= 0.3 is 5.97 Å². The number of carboxylic acid groups (broad SMARTS) is 1. The zero-order chi connectivity index (χ0) is 18.2. The van der Waals surface area contributed by atoms with Crippen LogP contribution in [0.4, 0.5) is 10.1 Å². The predicted octanol–water partition coefficient (Wildman–Crippen LogP) is 3.88. The van der Waals surface area contributed by atoms with Crippen molar-refractivity contribution in [2.75, 3.05) is 11.9 Å². The lowest BCUT2D eigenvalue weighted by Gasteiger charge is -2.08. The largest absolute Gasteiger partial charge is 0.494 e. The minimum Gasteiger partial charge on any atom is -0.494 e. The zero-order valence-electron chi connectivity index (χ0n) is 13.9. The number of hydrogen-bond donors (Lipinski definition) is 2. The monoisotopic (exact) mass is 345 g/mol. The van der Waals surface area contributed by atoms with Crippen molar-refractivity contribution in [1.29, 1.82) is 0 Å². The average Bonchev–Trinajstić information content (AvgIpc) is 2.60. The van der Waals surface area contributed by atoms with Crippen molar-refractivity contribution < 1.29 is 23.8 Å². The first-order valence-corrected chi connectivity index (χ1v) is 8.04. The molecule has 25 heavy (non-hydrogen) atoms. The van der Waals surface area contributed by atoms with E-state index in [2.05, 4.69) is 5.32 Å². The van der Waals surface area contributed by atoms with E-state index in [0.717, 1.165) is 23.8 Å². The molecule has 0 saturated carbocycles. The minimum atomic E-state index is -1.22. The molecule has 0 bridgehead atoms. The van der Waals surface area contributed by atoms with Gasteiger partial charge in [-0.2, -0.15) is 0 Å². The van der Waals surface area contributed by atoms with E-state index in [1.165, 1.54) is 12.1 Å². The number of hydrogen-bond acceptors (Lipinski definition) is 3. The lowest BCUT2D eigenvalue weighted by atomic mass is 10.1. The molecule has 132 valence electrons. The third-order valence-electron chi connectivity index (χ3n) is 3.53. The van der Waals surface area contributed by atoms with E-state index >= 15 is 0 Å². The molecule has 2 N–H and O–H groups in total. The molecule has 0 aliphatic carbocycles. The van der Waals surface area contributed by atoms with E-state index in [0.29, 0.717) is 13.0 Å². The van der Waals surface area contributed by atoms with Gasteiger partial charge in [-0.25, -0.2) is 9.18 Å². The second-order valence-corrected chi connectivity index (χ2v) is 5.54. The molecule has 5 nitrogen and oxygen atoms in total. The molecule has 0 aliphatic rings. The number of ether oxygens (including phenoxy) is 1. The molecule has 0 aromatic heterocycles. The van der Waals surface area contributed by atoms with Gasteiger partial charge in [0.2, 0.25) is 5.91 Å². The standard InChI is InChI=1S/C19H20FNO4/c1-2-11-25-15-7-3-13(4-8-15)5-10-18(22)21-17-9-6-14(19(23)24)12-16(17)20/h3-4,6-9,12H,2,5,10-11H2,1H3,(H,21,22)(H,23,24). The number of rotatable bonds is 8. The van der Waals surface area contributed by atoms with Gasteiger partial charge < -0.3 is 15.2 Å². The van der Waals surface area contributed by atoms with Gasteiger partial charge in [0.25, 0.3) is 0 Å². The predicted molar refractivity (Wildman–Crippen MR) is 92.5 cm³/mol. The summed E-state index contributed by atoms with van der Waals surface area (Å²) in [6.07, 6.45) is 1.63. The molecule has 2 aromatic carbocycles. The van der Waals surface area contributed by atoms with Crippen molar-refractivity contribution in [2.24, 2.45) is 0 Å². The van der Waals surface area contributed by atoms with Crippen LogP contribution in [0, 0.1) is 5.82 Å². The van der Waals surface area contributed by atoms with Gasteiger partial charge in [-0.1, -0.05) is 19.1 Å². The molecule has 2 rings (SSSR count). The molecule has 2 aromatic rings. The summed E-state index contributed by atoms with van der Waals surface area (Å²) >= 11 is 0. The lowest BCUT2D eigenvalue weighted by Crippen LogP contribution is -2.13. The molecule has 1 amide bonds. The zero-order valence-corrected chi connectivity index (χ0v) is 13.9. The van der Waals surface area contributed by atoms with Crippen LogP contribution >= 0.6 is 0 Å². The summed E-state index contributed by atoms with van der Waals surface area (Å²) in [5.74, 6) is -1.54. The lowest BCUT2D eigenvalue weighted by molar-refractivity contribution is -0.116. The number of amides is 1. The maximum Gasteiger partial charge on any atom is 0.335 e. The highest BCUT2D eigenvalue weighted by Crippen LogP contribution is 2.17. The van der Waals surface area contributed by atoms with Gasteiger partial charge in [0.15, 0.2) is 0 Å². The first-order chi connectivity index (χ1) is 12.0. The van der Waals surface area contributed by atoms with E-state index in [4.69, 9.17) is 9.84 Å². The van der Waals surface area contributed by atoms with Crippen molar-refractivity contribution in [3.63, 3.8) is 0 Å². The summed E-state index contributed by atoms with van der Waals surface area (Å²) in [4.78, 5) is 22.7. The topological polar surface area (TPSA) is 75.6 Å². The van der Waals surface area contributed by atoms with Crippen molar-refractivity contribution >= 4 is 17.6 Å². The normalized spacial score (nSPS) is 10.3. The number of benzene rings is 2. The van der Waals surface area contributed by atoms with Crippen LogP contribution in [0.3, 0.4) is 0 Å². The molecule has 0 saturated heterocycles. The van der Waals surface area contributed by atoms with Gasteiger partial charge in [0.05, 0.1) is 17.9 Å². The second-order valence-electron chi connectivity index (χ2n) is 5.54. The quantitative estimate of drug-likeness (QED) is 0.761. The van der Waals surface area contributed by atoms with Gasteiger partial charge in [-0.05, 0) is 48.7 Å². The Kier molecular flexibility index (Phi) is 6.51. The Hall–Kier alpha value is -2.89. The SMILES string of the molecule is CCCOc1ccc(CCC(=O)Nc2ccc(C(=O)O)cc2F)cc1. The van der Waals surface area contributed by atoms with Crippen LogP contribution in [0.1, 0.15) is 35.7 Å². The van der Waals surface area contributed by atoms with Crippen molar-refractivity contribution in [3.8, 4) is 5.75 Å². The maximum atomic E-state index is 13.8. The fraction of sp³-hybridized carbons (Fsp3) is 0.263. The Morgan fingerprint density at radius 1 is 1.16 bits per heavy atom. The van der Waals surface area contributed by atoms with E-state index in [1.54, 1.807) is 0 Å². The van der Waals surface area contributed by atoms with Crippen LogP contribution in [0.25, 0.3) is 0 Å². The van der Waals surface area contributed by atoms with Gasteiger partial charge in [-0.15, -0.1) is 0 Å². The van der Waals surface area contributed by atoms with Gasteiger partial charge in [0, 0.05) is 6.42 Å². The number of carbonyl (C=O) groups excluding carboxylic acids is 1. The highest BCUT2D eigenvalue weighted by Gasteiger charge is 2.11. The Morgan fingerprint density at radius 3 is 2.48 bits per heavy atom. The number of carbonyl (C=O) groups is 2. The number of aryl methyl sites for hydroxylation is 1. The highest BCUT2D eigenvalue weighted by molar-refractivity contribution is 5.92. The minimum absolute atomic E-state index is 0.0293. The first kappa shape index (κ1) is 18.4. The summed E-state index contributed by atoms with van der Waals surface area (Å²) < 4.78 is 19.3. The summed E-state index contributed by atoms with van der Waals surface area (Å²) in [6.45, 7) is 2.69. The van der Waals surface area contributed by atoms with Crippen LogP contribution in [-0.2, 0) is 11.2 Å². The summed E-state index contributed by atoms with van der Waals surface area (Å²) in [5, 5.41) is 11.3. The third kappa shape index (κ3) is 5.60. The Bertz CT molecular complexity index is 744. The average molecular weight is 345 g/mol. The van der Waals surface area contributed by atoms with Gasteiger partial charge in [0.1, 0.15) is 11.6 Å². The molecule has 0 aliphatic heterocycles. The summed E-state index contributed by atoms with van der Waals surface area (Å²) in [6, 6.07) is 10.9. The second kappa shape index (κ2) is 8.82. The van der Waals surface area contributed by atoms with E-state index in [-0.39, 0.29) is 23.6 Å². The highest BCUT2D eigenvalue weighted by atomic mass is 19.1. The Balaban J connectivity index is 1.87. The fourth-order valence-corrected chi connectivity index (χ4v) is 2.19. The van der Waals surface area contributed by atoms with Crippen molar-refractivity contribution in [2.45, 2.75) is 26.2 Å². The van der Waals surface area contributed by atoms with Crippen LogP contribution in [0.15, 0.2) is 42.5 Å². The number of halogens is 1. The van der Waals surface area contributed by atoms with Crippen molar-refractivity contribution in [3.05, 3.63) is 59.4 Å². The molecule has 0 spiro atoms. The molecule has 0 fully saturated rings. The maximum absolute atomic E-state index is 13.8. The fourth-order valence-electron chi connectivity index (χ4n) is 2.19. The number of carboxylic acids is 1. The molecular formula is C19H20FNO4. The Morgan fingerprint density at radius 2 is 1.88 bits per heavy atom. The van der Waals surface area contributed by atoms with E-state index in [9.17, 15) is 14.0 Å². The van der Waals surface area contributed by atoms with Gasteiger partial charge in [-0.3, -0.25) is 4.79 Å². The van der Waals surface area contributed by atoms with Crippen LogP contribution in [0.5, 0.6) is 5.75 Å². The molecular weight excluding hydrogens is 325 g/mol. The molecule has 0 heterocycles. The molecule has 0 atom stereocenters. The molecule has 0 radical (unpaired) electrons. The van der Waals surface area contributed by atoms with Crippen molar-refractivity contribution in [1.82, 2.24) is 0 Å². The number of aromatic carboxylic acids is 1. The van der Waals surface area contributed by atoms with E-state index < -0.39 is 11.8 Å². The molecule has 6 heteroatoms.